The number of nitrogens with one attached hydrogen (secondary N) is 2. The fourth-order valence-electron chi connectivity index (χ4n) is 4.32. The number of aryl methyl sites for hydroxylation is 2. The first kappa shape index (κ1) is 20.7. The molecule has 4 rings (SSSR count). The molecule has 1 atom stereocenters. The largest absolute Gasteiger partial charge is 0.354 e. The van der Waals surface area contributed by atoms with E-state index in [0.717, 1.165) is 44.0 Å². The lowest BCUT2D eigenvalue weighted by molar-refractivity contribution is 0.237. The molecule has 0 bridgehead atoms. The van der Waals surface area contributed by atoms with Crippen LogP contribution in [-0.2, 0) is 19.4 Å². The molecule has 1 fully saturated rings. The molecule has 6 nitrogen and oxygen atoms in total. The second-order valence-electron chi connectivity index (χ2n) is 8.60. The fourth-order valence-corrected chi connectivity index (χ4v) is 4.32. The fraction of sp³-hybridized carbons (Fsp3) is 0.500. The van der Waals surface area contributed by atoms with Crippen molar-refractivity contribution >= 4 is 11.8 Å². The molecule has 1 unspecified atom stereocenters. The zero-order valence-electron chi connectivity index (χ0n) is 18.2. The standard InChI is InChI=1S/C24H33N5O/c1-18(21-8-7-20-5-3-4-6-22(20)16-21)27-24(30)26-17-19-9-10-25-23(15-19)29-13-11-28(2)12-14-29/h7-10,15-16,18H,3-6,11-14,17H2,1-2H3,(H2,26,27,30). The first-order valence-electron chi connectivity index (χ1n) is 11.1. The summed E-state index contributed by atoms with van der Waals surface area (Å²) in [5.74, 6) is 0.991. The van der Waals surface area contributed by atoms with Crippen LogP contribution in [0.3, 0.4) is 0 Å². The van der Waals surface area contributed by atoms with E-state index in [1.165, 1.54) is 36.0 Å². The molecule has 2 aromatic rings. The minimum absolute atomic E-state index is 0.0180. The number of fused-ring (bicyclic) bond motifs is 1. The van der Waals surface area contributed by atoms with Crippen molar-refractivity contribution in [3.63, 3.8) is 0 Å². The number of anilines is 1. The molecule has 1 aliphatic heterocycles. The number of amides is 2. The number of aromatic nitrogens is 1. The van der Waals surface area contributed by atoms with Crippen LogP contribution in [0.25, 0.3) is 0 Å². The van der Waals surface area contributed by atoms with Gasteiger partial charge in [-0.15, -0.1) is 0 Å². The number of urea groups is 1. The summed E-state index contributed by atoms with van der Waals surface area (Å²) in [4.78, 5) is 21.6. The summed E-state index contributed by atoms with van der Waals surface area (Å²) in [6.07, 6.45) is 6.72. The highest BCUT2D eigenvalue weighted by atomic mass is 16.2. The van der Waals surface area contributed by atoms with Crippen LogP contribution >= 0.6 is 0 Å². The first-order chi connectivity index (χ1) is 14.6. The van der Waals surface area contributed by atoms with Gasteiger partial charge in [0.1, 0.15) is 5.82 Å². The Balaban J connectivity index is 1.30. The highest BCUT2D eigenvalue weighted by Crippen LogP contribution is 2.24. The number of hydrogen-bond acceptors (Lipinski definition) is 4. The van der Waals surface area contributed by atoms with Gasteiger partial charge in [0, 0.05) is 38.9 Å². The maximum atomic E-state index is 12.5. The number of piperazine rings is 1. The topological polar surface area (TPSA) is 60.5 Å². The number of hydrogen-bond donors (Lipinski definition) is 2. The van der Waals surface area contributed by atoms with Crippen LogP contribution in [-0.4, -0.2) is 49.1 Å². The Hall–Kier alpha value is -2.60. The van der Waals surface area contributed by atoms with Gasteiger partial charge in [0.15, 0.2) is 0 Å². The van der Waals surface area contributed by atoms with Crippen LogP contribution in [0.2, 0.25) is 0 Å². The van der Waals surface area contributed by atoms with Crippen LogP contribution in [0.15, 0.2) is 36.5 Å². The van der Waals surface area contributed by atoms with E-state index in [4.69, 9.17) is 0 Å². The molecule has 160 valence electrons. The quantitative estimate of drug-likeness (QED) is 0.799. The summed E-state index contributed by atoms with van der Waals surface area (Å²) in [6, 6.07) is 10.5. The summed E-state index contributed by atoms with van der Waals surface area (Å²) < 4.78 is 0. The molecule has 1 aromatic heterocycles. The third-order valence-electron chi connectivity index (χ3n) is 6.31. The molecule has 0 radical (unpaired) electrons. The van der Waals surface area contributed by atoms with Gasteiger partial charge < -0.3 is 20.4 Å². The van der Waals surface area contributed by atoms with Gasteiger partial charge >= 0.3 is 6.03 Å². The maximum Gasteiger partial charge on any atom is 0.315 e. The van der Waals surface area contributed by atoms with Gasteiger partial charge in [0.2, 0.25) is 0 Å². The smallest absolute Gasteiger partial charge is 0.315 e. The van der Waals surface area contributed by atoms with Crippen LogP contribution in [0.1, 0.15) is 48.1 Å². The van der Waals surface area contributed by atoms with Crippen molar-refractivity contribution < 1.29 is 4.79 Å². The summed E-state index contributed by atoms with van der Waals surface area (Å²) in [5, 5.41) is 6.07. The lowest BCUT2D eigenvalue weighted by atomic mass is 9.89. The van der Waals surface area contributed by atoms with Crippen molar-refractivity contribution in [1.82, 2.24) is 20.5 Å². The number of carbonyl (C=O) groups is 1. The molecule has 30 heavy (non-hydrogen) atoms. The second-order valence-corrected chi connectivity index (χ2v) is 8.60. The average molecular weight is 408 g/mol. The summed E-state index contributed by atoms with van der Waals surface area (Å²) in [5.41, 5.74) is 5.15. The van der Waals surface area contributed by atoms with Crippen molar-refractivity contribution in [2.45, 2.75) is 45.2 Å². The zero-order valence-corrected chi connectivity index (χ0v) is 18.2. The van der Waals surface area contributed by atoms with Crippen molar-refractivity contribution in [3.05, 3.63) is 58.8 Å². The van der Waals surface area contributed by atoms with Crippen molar-refractivity contribution in [2.24, 2.45) is 0 Å². The highest BCUT2D eigenvalue weighted by Gasteiger charge is 2.16. The summed E-state index contributed by atoms with van der Waals surface area (Å²) in [6.45, 7) is 6.60. The molecule has 1 aromatic carbocycles. The third kappa shape index (κ3) is 5.11. The van der Waals surface area contributed by atoms with E-state index >= 15 is 0 Å². The van der Waals surface area contributed by atoms with E-state index in [-0.39, 0.29) is 12.1 Å². The molecule has 6 heteroatoms. The zero-order chi connectivity index (χ0) is 20.9. The molecule has 1 aliphatic carbocycles. The Bertz CT molecular complexity index is 876. The van der Waals surface area contributed by atoms with E-state index in [2.05, 4.69) is 56.7 Å². The maximum absolute atomic E-state index is 12.5. The SMILES string of the molecule is CC(NC(=O)NCc1ccnc(N2CCN(C)CC2)c1)c1ccc2c(c1)CCCC2. The van der Waals surface area contributed by atoms with Gasteiger partial charge in [-0.05, 0) is 74.0 Å². The van der Waals surface area contributed by atoms with Crippen molar-refractivity contribution in [1.29, 1.82) is 0 Å². The molecular weight excluding hydrogens is 374 g/mol. The van der Waals surface area contributed by atoms with E-state index in [0.29, 0.717) is 6.54 Å². The first-order valence-corrected chi connectivity index (χ1v) is 11.1. The molecule has 2 heterocycles. The van der Waals surface area contributed by atoms with E-state index in [1.807, 2.05) is 19.2 Å². The Morgan fingerprint density at radius 3 is 2.63 bits per heavy atom. The van der Waals surface area contributed by atoms with Gasteiger partial charge in [-0.1, -0.05) is 18.2 Å². The molecule has 0 spiro atoms. The third-order valence-corrected chi connectivity index (χ3v) is 6.31. The van der Waals surface area contributed by atoms with Crippen molar-refractivity contribution in [3.8, 4) is 0 Å². The Morgan fingerprint density at radius 1 is 1.07 bits per heavy atom. The number of carbonyl (C=O) groups excluding carboxylic acids is 1. The Labute approximate surface area is 179 Å². The molecular formula is C24H33N5O. The molecule has 0 saturated carbocycles. The number of pyridine rings is 1. The second kappa shape index (κ2) is 9.47. The van der Waals surface area contributed by atoms with Gasteiger partial charge in [-0.25, -0.2) is 9.78 Å². The summed E-state index contributed by atoms with van der Waals surface area (Å²) >= 11 is 0. The van der Waals surface area contributed by atoms with E-state index < -0.39 is 0 Å². The van der Waals surface area contributed by atoms with Gasteiger partial charge in [0.05, 0.1) is 6.04 Å². The number of likely N-dealkylation sites (N-methyl/N-ethyl adjacent to an activating group) is 1. The van der Waals surface area contributed by atoms with Gasteiger partial charge in [-0.2, -0.15) is 0 Å². The van der Waals surface area contributed by atoms with E-state index in [9.17, 15) is 4.79 Å². The van der Waals surface area contributed by atoms with Crippen LogP contribution in [0, 0.1) is 0 Å². The number of nitrogens with zero attached hydrogens (tertiary/aromatic N) is 3. The molecule has 1 saturated heterocycles. The average Bonchev–Trinajstić information content (AvgIpc) is 2.78. The highest BCUT2D eigenvalue weighted by molar-refractivity contribution is 5.74. The van der Waals surface area contributed by atoms with Gasteiger partial charge in [0.25, 0.3) is 0 Å². The van der Waals surface area contributed by atoms with Crippen LogP contribution < -0.4 is 15.5 Å². The lowest BCUT2D eigenvalue weighted by Gasteiger charge is -2.33. The molecule has 2 N–H and O–H groups in total. The number of rotatable bonds is 5. The molecule has 2 amide bonds. The number of benzene rings is 1. The summed E-state index contributed by atoms with van der Waals surface area (Å²) in [7, 11) is 2.15. The minimum Gasteiger partial charge on any atom is -0.354 e. The van der Waals surface area contributed by atoms with E-state index in [1.54, 1.807) is 0 Å². The van der Waals surface area contributed by atoms with Crippen molar-refractivity contribution in [2.75, 3.05) is 38.1 Å². The van der Waals surface area contributed by atoms with Gasteiger partial charge in [-0.3, -0.25) is 0 Å². The normalized spacial score (nSPS) is 17.9. The Kier molecular flexibility index (Phi) is 6.53. The minimum atomic E-state index is -0.141. The van der Waals surface area contributed by atoms with Crippen LogP contribution in [0.4, 0.5) is 10.6 Å². The van der Waals surface area contributed by atoms with Crippen LogP contribution in [0.5, 0.6) is 0 Å². The molecule has 2 aliphatic rings. The Morgan fingerprint density at radius 2 is 1.83 bits per heavy atom. The predicted octanol–water partition coefficient (Wildman–Crippen LogP) is 3.27. The predicted molar refractivity (Wildman–Crippen MR) is 121 cm³/mol. The lowest BCUT2D eigenvalue weighted by Crippen LogP contribution is -2.44. The monoisotopic (exact) mass is 407 g/mol.